The van der Waals surface area contributed by atoms with E-state index in [2.05, 4.69) is 21.3 Å². The van der Waals surface area contributed by atoms with E-state index in [0.29, 0.717) is 38.5 Å². The number of carbonyl (C=O) groups is 6. The Labute approximate surface area is 513 Å². The Hall–Kier alpha value is -10.9. The molecule has 0 saturated heterocycles. The van der Waals surface area contributed by atoms with Crippen LogP contribution >= 0.6 is 0 Å². The number of hydrogen-bond donors (Lipinski definition) is 19. The lowest BCUT2D eigenvalue weighted by molar-refractivity contribution is -0.0514. The van der Waals surface area contributed by atoms with Crippen LogP contribution in [0.5, 0.6) is 86.2 Å². The third-order valence-corrected chi connectivity index (χ3v) is 15.7. The lowest BCUT2D eigenvalue weighted by Crippen LogP contribution is -2.53. The summed E-state index contributed by atoms with van der Waals surface area (Å²) in [4.78, 5) is 75.3. The maximum atomic E-state index is 12.6. The fourth-order valence-corrected chi connectivity index (χ4v) is 10.3. The Morgan fingerprint density at radius 3 is 0.689 bits per heavy atom. The Morgan fingerprint density at radius 1 is 0.289 bits per heavy atom. The highest BCUT2D eigenvalue weighted by Crippen LogP contribution is 2.39. The van der Waals surface area contributed by atoms with Crippen molar-refractivity contribution in [3.8, 4) is 86.2 Å². The van der Waals surface area contributed by atoms with Crippen molar-refractivity contribution in [2.24, 2.45) is 0 Å². The summed E-state index contributed by atoms with van der Waals surface area (Å²) in [5.41, 5.74) is 0.685. The number of amides is 4. The Bertz CT molecular complexity index is 2970. The third kappa shape index (κ3) is 16.2. The Balaban J connectivity index is 0.000000192. The molecule has 90 heavy (non-hydrogen) atoms. The molecule has 4 amide bonds. The van der Waals surface area contributed by atoms with E-state index in [4.69, 9.17) is 9.47 Å². The summed E-state index contributed by atoms with van der Waals surface area (Å²) in [6.45, 7) is 4.55. The molecule has 0 spiro atoms. The van der Waals surface area contributed by atoms with E-state index in [1.165, 1.54) is 57.2 Å². The quantitative estimate of drug-likeness (QED) is 0.0440. The first kappa shape index (κ1) is 66.7. The predicted octanol–water partition coefficient (Wildman–Crippen LogP) is 6.84. The number of ether oxygens (including phenoxy) is 2. The molecule has 0 aliphatic heterocycles. The van der Waals surface area contributed by atoms with Crippen LogP contribution in [0.2, 0.25) is 0 Å². The number of carbonyl (C=O) groups excluding carboxylic acids is 6. The van der Waals surface area contributed by atoms with E-state index < -0.39 is 112 Å². The zero-order valence-electron chi connectivity index (χ0n) is 48.9. The Kier molecular flexibility index (Phi) is 21.3. The van der Waals surface area contributed by atoms with Crippen LogP contribution in [0.25, 0.3) is 0 Å². The molecule has 9 rings (SSSR count). The van der Waals surface area contributed by atoms with E-state index in [1.54, 1.807) is 0 Å². The van der Waals surface area contributed by atoms with E-state index >= 15 is 0 Å². The van der Waals surface area contributed by atoms with Gasteiger partial charge in [-0.05, 0) is 145 Å². The van der Waals surface area contributed by atoms with Gasteiger partial charge in [-0.1, -0.05) is 25.7 Å². The lowest BCUT2D eigenvalue weighted by Gasteiger charge is -2.33. The summed E-state index contributed by atoms with van der Waals surface area (Å²) in [5, 5.41) is 156. The minimum Gasteiger partial charge on any atom is -0.508 e. The minimum absolute atomic E-state index is 0.0353. The maximum absolute atomic E-state index is 12.6. The fourth-order valence-electron chi connectivity index (χ4n) is 10.3. The van der Waals surface area contributed by atoms with Crippen LogP contribution in [0.4, 0.5) is 0 Å². The molecular weight excluding hydrogens is 1180 g/mol. The van der Waals surface area contributed by atoms with Gasteiger partial charge < -0.3 is 107 Å². The number of aromatic hydroxyl groups is 15. The highest BCUT2D eigenvalue weighted by molar-refractivity contribution is 5.98. The van der Waals surface area contributed by atoms with Crippen LogP contribution in [0.1, 0.15) is 156 Å². The second-order valence-electron chi connectivity index (χ2n) is 22.1. The molecular formula is C63H70N4O23. The first-order chi connectivity index (χ1) is 42.5. The van der Waals surface area contributed by atoms with Gasteiger partial charge in [0.25, 0.3) is 23.6 Å². The van der Waals surface area contributed by atoms with E-state index in [0.717, 1.165) is 74.9 Å². The van der Waals surface area contributed by atoms with Crippen LogP contribution < -0.4 is 21.3 Å². The monoisotopic (exact) mass is 1250 g/mol. The average molecular weight is 1250 g/mol. The number of phenols is 15. The van der Waals surface area contributed by atoms with Crippen molar-refractivity contribution in [3.63, 3.8) is 0 Å². The minimum atomic E-state index is -0.862. The van der Waals surface area contributed by atoms with Crippen LogP contribution in [-0.2, 0) is 9.47 Å². The summed E-state index contributed by atoms with van der Waals surface area (Å²) < 4.78 is 10.9. The molecule has 3 aliphatic carbocycles. The topological polar surface area (TPSA) is 472 Å². The number of benzene rings is 6. The third-order valence-electron chi connectivity index (χ3n) is 15.7. The van der Waals surface area contributed by atoms with Crippen molar-refractivity contribution in [2.75, 3.05) is 0 Å². The molecule has 0 bridgehead atoms. The van der Waals surface area contributed by atoms with Gasteiger partial charge in [0.15, 0.2) is 51.7 Å². The molecule has 0 aromatic heterocycles. The van der Waals surface area contributed by atoms with Gasteiger partial charge >= 0.3 is 11.9 Å². The van der Waals surface area contributed by atoms with Gasteiger partial charge in [0, 0.05) is 63.1 Å². The summed E-state index contributed by atoms with van der Waals surface area (Å²) in [6, 6.07) is 11.9. The molecule has 6 aromatic carbocycles. The largest absolute Gasteiger partial charge is 0.508 e. The molecule has 6 aromatic rings. The second-order valence-corrected chi connectivity index (χ2v) is 22.1. The Morgan fingerprint density at radius 2 is 0.467 bits per heavy atom. The van der Waals surface area contributed by atoms with Crippen LogP contribution in [-0.4, -0.2) is 149 Å². The van der Waals surface area contributed by atoms with E-state index in [1.807, 2.05) is 0 Å². The van der Waals surface area contributed by atoms with Crippen molar-refractivity contribution in [1.29, 1.82) is 0 Å². The molecule has 6 atom stereocenters. The summed E-state index contributed by atoms with van der Waals surface area (Å²) in [6.07, 6.45) is 6.69. The molecule has 0 radical (unpaired) electrons. The van der Waals surface area contributed by atoms with Crippen LogP contribution in [0.15, 0.2) is 72.8 Å². The molecule has 19 N–H and O–H groups in total. The van der Waals surface area contributed by atoms with Gasteiger partial charge in [-0.15, -0.1) is 0 Å². The maximum Gasteiger partial charge on any atom is 0.338 e. The van der Waals surface area contributed by atoms with Crippen molar-refractivity contribution in [1.82, 2.24) is 21.3 Å². The molecule has 3 fully saturated rings. The highest BCUT2D eigenvalue weighted by atomic mass is 16.6. The molecule has 0 heterocycles. The SMILES string of the molecule is Cc1c(O)cc(C(=O)N[C@@H]2CCCC[C@@H]2NC(=O)c2cc(O)c(O)c(O)c2)cc1O.Cc1c(O)cc(C(=O)N[C@H]2CCCC[C@@H]2NC(=O)c2cc(O)c(O)c(O)c2)cc1O.Cc1c(O)cc(C(=O)O[C@@H]2CCCC[C@@H]2OC(=O)c2cc(O)c(O)c(O)c2)cc1O. The summed E-state index contributed by atoms with van der Waals surface area (Å²) in [7, 11) is 0. The van der Waals surface area contributed by atoms with Crippen LogP contribution in [0, 0.1) is 20.8 Å². The van der Waals surface area contributed by atoms with Crippen molar-refractivity contribution in [3.05, 3.63) is 123 Å². The van der Waals surface area contributed by atoms with Crippen LogP contribution in [0.3, 0.4) is 0 Å². The van der Waals surface area contributed by atoms with Crippen molar-refractivity contribution < 1.29 is 115 Å². The van der Waals surface area contributed by atoms with Gasteiger partial charge in [-0.3, -0.25) is 19.2 Å². The number of phenolic OH excluding ortho intramolecular Hbond substituents is 15. The van der Waals surface area contributed by atoms with Gasteiger partial charge in [0.2, 0.25) is 0 Å². The molecule has 27 nitrogen and oxygen atoms in total. The van der Waals surface area contributed by atoms with E-state index in [9.17, 15) is 105 Å². The number of esters is 2. The first-order valence-electron chi connectivity index (χ1n) is 28.5. The molecule has 3 aliphatic rings. The molecule has 480 valence electrons. The summed E-state index contributed by atoms with van der Waals surface area (Å²) >= 11 is 0. The normalized spacial score (nSPS) is 18.6. The number of hydrogen-bond acceptors (Lipinski definition) is 23. The summed E-state index contributed by atoms with van der Waals surface area (Å²) in [5.74, 6) is -11.0. The standard InChI is InChI=1S/2C21H24N2O7.C21H22O9/c2*1-10-15(24)6-11(7-16(10)25)20(29)22-13-4-2-3-5-14(13)23-21(30)12-8-17(26)19(28)18(27)9-12;1-10-13(22)6-11(7-14(10)23)20(27)29-17-4-2-3-5-18(17)30-21(28)12-8-15(24)19(26)16(25)9-12/h2*6-9,13-14,24-28H,2-5H2,1H3,(H,22,29)(H,23,30);6-9,17-18,22-26H,2-5H2,1H3/t13-,14+;13-,14-;17-,18+/m101/s1. The first-order valence-corrected chi connectivity index (χ1v) is 28.5. The van der Waals surface area contributed by atoms with Gasteiger partial charge in [0.05, 0.1) is 11.1 Å². The molecule has 27 heteroatoms. The van der Waals surface area contributed by atoms with Gasteiger partial charge in [-0.2, -0.15) is 0 Å². The molecule has 0 unspecified atom stereocenters. The molecule has 3 saturated carbocycles. The number of rotatable bonds is 12. The zero-order chi connectivity index (χ0) is 66.0. The van der Waals surface area contributed by atoms with Crippen molar-refractivity contribution in [2.45, 2.75) is 134 Å². The van der Waals surface area contributed by atoms with Crippen molar-refractivity contribution >= 4 is 35.6 Å². The predicted molar refractivity (Wildman–Crippen MR) is 317 cm³/mol. The fraction of sp³-hybridized carbons (Fsp3) is 0.333. The van der Waals surface area contributed by atoms with Gasteiger partial charge in [0.1, 0.15) is 46.7 Å². The number of nitrogens with one attached hydrogen (secondary N) is 4. The second kappa shape index (κ2) is 28.8. The zero-order valence-corrected chi connectivity index (χ0v) is 48.9. The van der Waals surface area contributed by atoms with Gasteiger partial charge in [-0.25, -0.2) is 9.59 Å². The average Bonchev–Trinajstić information content (AvgIpc) is 2.28. The lowest BCUT2D eigenvalue weighted by atomic mass is 9.89. The smallest absolute Gasteiger partial charge is 0.338 e. The highest BCUT2D eigenvalue weighted by Gasteiger charge is 2.34. The van der Waals surface area contributed by atoms with E-state index in [-0.39, 0.29) is 96.7 Å².